The van der Waals surface area contributed by atoms with Gasteiger partial charge >= 0.3 is 0 Å². The molecule has 2 nitrogen and oxygen atoms in total. The van der Waals surface area contributed by atoms with Gasteiger partial charge in [0.1, 0.15) is 5.40 Å². The molecule has 0 amide bonds. The molecule has 0 aliphatic heterocycles. The summed E-state index contributed by atoms with van der Waals surface area (Å²) in [6.45, 7) is 7.84. The highest BCUT2D eigenvalue weighted by atomic mass is 32.2. The monoisotopic (exact) mass is 186 g/mol. The topological polar surface area (TPSA) is 27.0 Å². The Morgan fingerprint density at radius 2 is 1.92 bits per heavy atom. The summed E-state index contributed by atoms with van der Waals surface area (Å²) < 4.78 is 0. The number of hydrogen-bond donors (Lipinski definition) is 0. The summed E-state index contributed by atoms with van der Waals surface area (Å²) in [5.41, 5.74) is 0. The Bertz CT molecular complexity index is 127. The summed E-state index contributed by atoms with van der Waals surface area (Å²) in [6.07, 6.45) is 2.38. The summed E-state index contributed by atoms with van der Waals surface area (Å²) in [7, 11) is 0. The zero-order chi connectivity index (χ0) is 9.23. The van der Waals surface area contributed by atoms with Gasteiger partial charge < -0.3 is 4.90 Å². The Morgan fingerprint density at radius 1 is 1.25 bits per heavy atom. The van der Waals surface area contributed by atoms with Crippen molar-refractivity contribution in [2.45, 2.75) is 26.7 Å². The van der Waals surface area contributed by atoms with Crippen molar-refractivity contribution >= 4 is 11.8 Å². The zero-order valence-corrected chi connectivity index (χ0v) is 8.86. The van der Waals surface area contributed by atoms with E-state index >= 15 is 0 Å². The molecular formula is C9H18N2S. The lowest BCUT2D eigenvalue weighted by atomic mass is 10.3. The fourth-order valence-electron chi connectivity index (χ4n) is 1.10. The quantitative estimate of drug-likeness (QED) is 0.451. The number of unbranched alkanes of at least 4 members (excludes halogenated alkanes) is 1. The predicted octanol–water partition coefficient (Wildman–Crippen LogP) is 2.32. The van der Waals surface area contributed by atoms with Gasteiger partial charge in [-0.3, -0.25) is 0 Å². The van der Waals surface area contributed by atoms with Crippen LogP contribution < -0.4 is 0 Å². The Hall–Kier alpha value is -0.200. The highest BCUT2D eigenvalue weighted by Crippen LogP contribution is 2.02. The van der Waals surface area contributed by atoms with Crippen molar-refractivity contribution in [3.63, 3.8) is 0 Å². The summed E-state index contributed by atoms with van der Waals surface area (Å²) >= 11 is 1.36. The van der Waals surface area contributed by atoms with E-state index in [1.165, 1.54) is 24.7 Å². The molecule has 0 spiro atoms. The Balaban J connectivity index is 3.13. The molecule has 0 atom stereocenters. The van der Waals surface area contributed by atoms with Crippen LogP contribution in [0, 0.1) is 10.7 Å². The van der Waals surface area contributed by atoms with Gasteiger partial charge in [-0.15, -0.1) is 0 Å². The first-order valence-electron chi connectivity index (χ1n) is 4.58. The second kappa shape index (κ2) is 8.89. The Kier molecular flexibility index (Phi) is 8.74. The van der Waals surface area contributed by atoms with E-state index in [2.05, 4.69) is 24.1 Å². The predicted molar refractivity (Wildman–Crippen MR) is 55.1 cm³/mol. The molecule has 0 aromatic carbocycles. The third kappa shape index (κ3) is 6.51. The van der Waals surface area contributed by atoms with Crippen LogP contribution in [0.15, 0.2) is 0 Å². The maximum absolute atomic E-state index is 8.27. The first-order valence-corrected chi connectivity index (χ1v) is 5.56. The second-order valence-electron chi connectivity index (χ2n) is 2.67. The molecule has 70 valence electrons. The van der Waals surface area contributed by atoms with Crippen LogP contribution in [-0.4, -0.2) is 30.3 Å². The standard InChI is InChI=1S/C9H18N2S/c1-3-11(4-2)7-5-6-8-12-9-10/h3-8H2,1-2H3. The fraction of sp³-hybridized carbons (Fsp3) is 0.889. The molecule has 0 radical (unpaired) electrons. The summed E-state index contributed by atoms with van der Waals surface area (Å²) in [5.74, 6) is 0.984. The van der Waals surface area contributed by atoms with Gasteiger partial charge in [-0.2, -0.15) is 5.26 Å². The number of nitriles is 1. The molecule has 0 aliphatic carbocycles. The summed E-state index contributed by atoms with van der Waals surface area (Å²) in [6, 6.07) is 0. The maximum Gasteiger partial charge on any atom is 0.133 e. The molecule has 0 N–H and O–H groups in total. The van der Waals surface area contributed by atoms with Crippen molar-refractivity contribution in [3.05, 3.63) is 0 Å². The fourth-order valence-corrected chi connectivity index (χ4v) is 1.53. The molecule has 3 heteroatoms. The highest BCUT2D eigenvalue weighted by Gasteiger charge is 1.97. The largest absolute Gasteiger partial charge is 0.304 e. The van der Waals surface area contributed by atoms with Gasteiger partial charge in [0.05, 0.1) is 0 Å². The van der Waals surface area contributed by atoms with Crippen molar-refractivity contribution in [1.82, 2.24) is 4.90 Å². The van der Waals surface area contributed by atoms with Gasteiger partial charge in [0, 0.05) is 5.75 Å². The van der Waals surface area contributed by atoms with E-state index in [1.807, 2.05) is 0 Å². The minimum absolute atomic E-state index is 0.984. The number of hydrogen-bond acceptors (Lipinski definition) is 3. The van der Waals surface area contributed by atoms with Crippen LogP contribution in [0.3, 0.4) is 0 Å². The van der Waals surface area contributed by atoms with Crippen molar-refractivity contribution < 1.29 is 0 Å². The number of rotatable bonds is 7. The molecule has 0 heterocycles. The SMILES string of the molecule is CCN(CC)CCCCSC#N. The molecule has 0 fully saturated rings. The molecule has 0 saturated heterocycles. The van der Waals surface area contributed by atoms with Crippen molar-refractivity contribution in [2.24, 2.45) is 0 Å². The number of thioether (sulfide) groups is 1. The van der Waals surface area contributed by atoms with Gasteiger partial charge in [-0.1, -0.05) is 13.8 Å². The van der Waals surface area contributed by atoms with Crippen LogP contribution in [0.5, 0.6) is 0 Å². The first-order chi connectivity index (χ1) is 5.85. The lowest BCUT2D eigenvalue weighted by Crippen LogP contribution is -2.23. The minimum Gasteiger partial charge on any atom is -0.304 e. The Labute approximate surface area is 79.9 Å². The zero-order valence-electron chi connectivity index (χ0n) is 8.05. The van der Waals surface area contributed by atoms with E-state index in [1.54, 1.807) is 0 Å². The molecule has 0 aromatic heterocycles. The first kappa shape index (κ1) is 11.8. The third-order valence-electron chi connectivity index (χ3n) is 1.93. The molecule has 12 heavy (non-hydrogen) atoms. The molecule has 0 unspecified atom stereocenters. The number of nitrogens with zero attached hydrogens (tertiary/aromatic N) is 2. The third-order valence-corrected chi connectivity index (χ3v) is 2.55. The lowest BCUT2D eigenvalue weighted by molar-refractivity contribution is 0.299. The van der Waals surface area contributed by atoms with E-state index in [-0.39, 0.29) is 0 Å². The molecule has 0 bridgehead atoms. The van der Waals surface area contributed by atoms with E-state index < -0.39 is 0 Å². The van der Waals surface area contributed by atoms with Crippen LogP contribution in [-0.2, 0) is 0 Å². The van der Waals surface area contributed by atoms with E-state index in [0.717, 1.165) is 25.3 Å². The van der Waals surface area contributed by atoms with E-state index in [9.17, 15) is 0 Å². The highest BCUT2D eigenvalue weighted by molar-refractivity contribution is 8.03. The summed E-state index contributed by atoms with van der Waals surface area (Å²) in [4.78, 5) is 2.41. The lowest BCUT2D eigenvalue weighted by Gasteiger charge is -2.16. The average Bonchev–Trinajstić information content (AvgIpc) is 2.11. The Morgan fingerprint density at radius 3 is 2.42 bits per heavy atom. The summed E-state index contributed by atoms with van der Waals surface area (Å²) in [5, 5.41) is 10.4. The molecule has 0 aromatic rings. The average molecular weight is 186 g/mol. The van der Waals surface area contributed by atoms with Crippen LogP contribution in [0.2, 0.25) is 0 Å². The van der Waals surface area contributed by atoms with Gasteiger partial charge in [-0.25, -0.2) is 0 Å². The molecule has 0 rings (SSSR count). The van der Waals surface area contributed by atoms with Gasteiger partial charge in [0.2, 0.25) is 0 Å². The smallest absolute Gasteiger partial charge is 0.133 e. The van der Waals surface area contributed by atoms with E-state index in [0.29, 0.717) is 0 Å². The molecule has 0 aliphatic rings. The van der Waals surface area contributed by atoms with Crippen LogP contribution >= 0.6 is 11.8 Å². The van der Waals surface area contributed by atoms with Crippen molar-refractivity contribution in [2.75, 3.05) is 25.4 Å². The molecular weight excluding hydrogens is 168 g/mol. The van der Waals surface area contributed by atoms with Crippen LogP contribution in [0.25, 0.3) is 0 Å². The van der Waals surface area contributed by atoms with Gasteiger partial charge in [0.15, 0.2) is 0 Å². The van der Waals surface area contributed by atoms with Gasteiger partial charge in [-0.05, 0) is 44.2 Å². The van der Waals surface area contributed by atoms with Crippen LogP contribution in [0.1, 0.15) is 26.7 Å². The normalized spacial score (nSPS) is 10.2. The van der Waals surface area contributed by atoms with E-state index in [4.69, 9.17) is 5.26 Å². The van der Waals surface area contributed by atoms with Gasteiger partial charge in [0.25, 0.3) is 0 Å². The van der Waals surface area contributed by atoms with Crippen molar-refractivity contribution in [1.29, 1.82) is 5.26 Å². The minimum atomic E-state index is 0.984. The van der Waals surface area contributed by atoms with Crippen molar-refractivity contribution in [3.8, 4) is 5.40 Å². The maximum atomic E-state index is 8.27. The second-order valence-corrected chi connectivity index (χ2v) is 3.55. The molecule has 0 saturated carbocycles. The number of thiocyanates is 1. The van der Waals surface area contributed by atoms with Crippen LogP contribution in [0.4, 0.5) is 0 Å².